The predicted octanol–water partition coefficient (Wildman–Crippen LogP) is 4.68. The lowest BCUT2D eigenvalue weighted by Crippen LogP contribution is -1.85. The molecule has 0 aliphatic heterocycles. The standard InChI is InChI=1S/C14H12F2/c1-3-4-7-11(2)13-9-6-5-8-12(13)10-14(15)16/h3-10H,1-2H2. The number of halogens is 2. The second-order valence-electron chi connectivity index (χ2n) is 3.14. The molecule has 0 N–H and O–H groups in total. The van der Waals surface area contributed by atoms with Gasteiger partial charge < -0.3 is 0 Å². The molecule has 0 aliphatic carbocycles. The molecule has 82 valence electrons. The van der Waals surface area contributed by atoms with E-state index in [0.29, 0.717) is 16.7 Å². The van der Waals surface area contributed by atoms with Crippen LogP contribution >= 0.6 is 0 Å². The van der Waals surface area contributed by atoms with Crippen molar-refractivity contribution in [3.63, 3.8) is 0 Å². The van der Waals surface area contributed by atoms with Gasteiger partial charge in [0.05, 0.1) is 0 Å². The van der Waals surface area contributed by atoms with Crippen molar-refractivity contribution in [3.05, 3.63) is 72.9 Å². The van der Waals surface area contributed by atoms with Crippen molar-refractivity contribution in [3.8, 4) is 0 Å². The van der Waals surface area contributed by atoms with Crippen molar-refractivity contribution in [1.82, 2.24) is 0 Å². The van der Waals surface area contributed by atoms with E-state index in [1.165, 1.54) is 0 Å². The Bertz CT molecular complexity index is 450. The smallest absolute Gasteiger partial charge is 0.173 e. The first-order chi connectivity index (χ1) is 7.65. The highest BCUT2D eigenvalue weighted by Gasteiger charge is 2.02. The summed E-state index contributed by atoms with van der Waals surface area (Å²) in [5.41, 5.74) is 1.82. The van der Waals surface area contributed by atoms with Gasteiger partial charge in [-0.15, -0.1) is 0 Å². The molecular weight excluding hydrogens is 206 g/mol. The zero-order valence-corrected chi connectivity index (χ0v) is 8.79. The van der Waals surface area contributed by atoms with Crippen LogP contribution in [0.5, 0.6) is 0 Å². The molecule has 0 radical (unpaired) electrons. The second kappa shape index (κ2) is 5.81. The van der Waals surface area contributed by atoms with Gasteiger partial charge in [0, 0.05) is 6.08 Å². The molecule has 0 aromatic heterocycles. The molecule has 0 spiro atoms. The van der Waals surface area contributed by atoms with Gasteiger partial charge in [0.15, 0.2) is 0 Å². The van der Waals surface area contributed by atoms with Crippen molar-refractivity contribution in [2.75, 3.05) is 0 Å². The normalized spacial score (nSPS) is 10.1. The van der Waals surface area contributed by atoms with Crippen LogP contribution in [0.3, 0.4) is 0 Å². The predicted molar refractivity (Wildman–Crippen MR) is 65.0 cm³/mol. The van der Waals surface area contributed by atoms with E-state index in [0.717, 1.165) is 6.08 Å². The Morgan fingerprint density at radius 3 is 2.50 bits per heavy atom. The van der Waals surface area contributed by atoms with Crippen LogP contribution in [0.4, 0.5) is 8.78 Å². The molecule has 0 heterocycles. The topological polar surface area (TPSA) is 0 Å². The van der Waals surface area contributed by atoms with Crippen molar-refractivity contribution in [1.29, 1.82) is 0 Å². The second-order valence-corrected chi connectivity index (χ2v) is 3.14. The molecule has 1 rings (SSSR count). The molecule has 0 unspecified atom stereocenters. The van der Waals surface area contributed by atoms with Gasteiger partial charge in [-0.2, -0.15) is 8.78 Å². The summed E-state index contributed by atoms with van der Waals surface area (Å²) in [4.78, 5) is 0. The van der Waals surface area contributed by atoms with Crippen molar-refractivity contribution < 1.29 is 8.78 Å². The molecular formula is C14H12F2. The Balaban J connectivity index is 3.13. The van der Waals surface area contributed by atoms with E-state index < -0.39 is 6.08 Å². The summed E-state index contributed by atoms with van der Waals surface area (Å²) in [6.45, 7) is 7.36. The summed E-state index contributed by atoms with van der Waals surface area (Å²) in [5.74, 6) is 0. The minimum Gasteiger partial charge on any atom is -0.173 e. The fourth-order valence-electron chi connectivity index (χ4n) is 1.31. The molecule has 0 nitrogen and oxygen atoms in total. The third-order valence-corrected chi connectivity index (χ3v) is 2.00. The van der Waals surface area contributed by atoms with Crippen molar-refractivity contribution in [2.45, 2.75) is 0 Å². The average molecular weight is 218 g/mol. The zero-order valence-electron chi connectivity index (χ0n) is 8.79. The Hall–Kier alpha value is -1.96. The maximum absolute atomic E-state index is 12.2. The van der Waals surface area contributed by atoms with Gasteiger partial charge in [0.1, 0.15) is 0 Å². The number of hydrogen-bond acceptors (Lipinski definition) is 0. The lowest BCUT2D eigenvalue weighted by atomic mass is 10.0. The lowest BCUT2D eigenvalue weighted by molar-refractivity contribution is 0.429. The monoisotopic (exact) mass is 218 g/mol. The van der Waals surface area contributed by atoms with Crippen molar-refractivity contribution in [2.24, 2.45) is 0 Å². The van der Waals surface area contributed by atoms with Crippen LogP contribution in [0.15, 0.2) is 61.7 Å². The van der Waals surface area contributed by atoms with Crippen LogP contribution in [0.1, 0.15) is 11.1 Å². The van der Waals surface area contributed by atoms with E-state index in [-0.39, 0.29) is 0 Å². The SMILES string of the molecule is C=CC=CC(=C)c1ccccc1C=C(F)F. The Morgan fingerprint density at radius 2 is 1.88 bits per heavy atom. The van der Waals surface area contributed by atoms with Gasteiger partial charge in [-0.05, 0) is 16.7 Å². The van der Waals surface area contributed by atoms with Crippen LogP contribution in [0.2, 0.25) is 0 Å². The zero-order chi connectivity index (χ0) is 12.0. The van der Waals surface area contributed by atoms with E-state index in [2.05, 4.69) is 13.2 Å². The van der Waals surface area contributed by atoms with E-state index >= 15 is 0 Å². The summed E-state index contributed by atoms with van der Waals surface area (Å²) < 4.78 is 24.4. The van der Waals surface area contributed by atoms with Crippen LogP contribution in [-0.4, -0.2) is 0 Å². The Kier molecular flexibility index (Phi) is 4.40. The summed E-state index contributed by atoms with van der Waals surface area (Å²) in [7, 11) is 0. The fraction of sp³-hybridized carbons (Fsp3) is 0. The molecule has 0 bridgehead atoms. The molecule has 0 amide bonds. The third kappa shape index (κ3) is 3.31. The number of benzene rings is 1. The van der Waals surface area contributed by atoms with Crippen molar-refractivity contribution >= 4 is 11.6 Å². The van der Waals surface area contributed by atoms with E-state index in [9.17, 15) is 8.78 Å². The largest absolute Gasteiger partial charge is 0.270 e. The van der Waals surface area contributed by atoms with Gasteiger partial charge >= 0.3 is 0 Å². The van der Waals surface area contributed by atoms with Crippen LogP contribution in [0.25, 0.3) is 11.6 Å². The lowest BCUT2D eigenvalue weighted by Gasteiger charge is -2.04. The van der Waals surface area contributed by atoms with Crippen LogP contribution in [0, 0.1) is 0 Å². The Labute approximate surface area is 93.9 Å². The minimum absolute atomic E-state index is 0.459. The molecule has 1 aromatic rings. The third-order valence-electron chi connectivity index (χ3n) is 2.00. The molecule has 0 saturated heterocycles. The molecule has 0 saturated carbocycles. The highest BCUT2D eigenvalue weighted by atomic mass is 19.3. The molecule has 0 fully saturated rings. The van der Waals surface area contributed by atoms with Crippen LogP contribution in [-0.2, 0) is 0 Å². The fourth-order valence-corrected chi connectivity index (χ4v) is 1.31. The quantitative estimate of drug-likeness (QED) is 0.644. The van der Waals surface area contributed by atoms with Gasteiger partial charge in [-0.25, -0.2) is 0 Å². The summed E-state index contributed by atoms with van der Waals surface area (Å²) in [6, 6.07) is 6.88. The van der Waals surface area contributed by atoms with Gasteiger partial charge in [-0.3, -0.25) is 0 Å². The molecule has 1 aromatic carbocycles. The van der Waals surface area contributed by atoms with Gasteiger partial charge in [-0.1, -0.05) is 55.7 Å². The maximum atomic E-state index is 12.2. The van der Waals surface area contributed by atoms with E-state index in [1.54, 1.807) is 42.5 Å². The van der Waals surface area contributed by atoms with Crippen LogP contribution < -0.4 is 0 Å². The van der Waals surface area contributed by atoms with Gasteiger partial charge in [0.25, 0.3) is 6.08 Å². The highest BCUT2D eigenvalue weighted by molar-refractivity contribution is 5.78. The summed E-state index contributed by atoms with van der Waals surface area (Å²) in [5, 5.41) is 0. The van der Waals surface area contributed by atoms with Gasteiger partial charge in [0.2, 0.25) is 0 Å². The first-order valence-corrected chi connectivity index (χ1v) is 4.75. The first kappa shape index (κ1) is 12.1. The maximum Gasteiger partial charge on any atom is 0.270 e. The van der Waals surface area contributed by atoms with E-state index in [1.807, 2.05) is 0 Å². The molecule has 0 aliphatic rings. The number of hydrogen-bond donors (Lipinski definition) is 0. The number of allylic oxidation sites excluding steroid dienone is 4. The summed E-state index contributed by atoms with van der Waals surface area (Å²) >= 11 is 0. The molecule has 16 heavy (non-hydrogen) atoms. The first-order valence-electron chi connectivity index (χ1n) is 4.75. The highest BCUT2D eigenvalue weighted by Crippen LogP contribution is 2.21. The molecule has 0 atom stereocenters. The molecule has 2 heteroatoms. The van der Waals surface area contributed by atoms with E-state index in [4.69, 9.17) is 0 Å². The Morgan fingerprint density at radius 1 is 1.19 bits per heavy atom. The minimum atomic E-state index is -1.71. The number of rotatable bonds is 4. The summed E-state index contributed by atoms with van der Waals surface area (Å²) in [6.07, 6.45) is 4.18. The average Bonchev–Trinajstić information content (AvgIpc) is 2.26.